The molecule has 0 saturated carbocycles. The SMILES string of the molecule is CC(C)CCCCNc1nc(N)nc(-n2ccnc2)n1. The first-order valence-electron chi connectivity index (χ1n) is 6.89. The van der Waals surface area contributed by atoms with E-state index in [0.29, 0.717) is 11.9 Å². The molecule has 0 radical (unpaired) electrons. The van der Waals surface area contributed by atoms with Crippen LogP contribution in [0.25, 0.3) is 5.95 Å². The number of aromatic nitrogens is 5. The molecule has 2 rings (SSSR count). The first-order valence-corrected chi connectivity index (χ1v) is 6.89. The third kappa shape index (κ3) is 4.18. The Hall–Kier alpha value is -2.18. The number of rotatable bonds is 7. The van der Waals surface area contributed by atoms with Crippen molar-refractivity contribution >= 4 is 11.9 Å². The van der Waals surface area contributed by atoms with Gasteiger partial charge in [-0.05, 0) is 12.3 Å². The predicted molar refractivity (Wildman–Crippen MR) is 78.5 cm³/mol. The standard InChI is InChI=1S/C13H21N7/c1-10(2)5-3-4-6-16-12-17-11(14)18-13(19-12)20-8-7-15-9-20/h7-10H,3-6H2,1-2H3,(H3,14,16,17,18,19). The molecule has 0 fully saturated rings. The molecule has 0 unspecified atom stereocenters. The van der Waals surface area contributed by atoms with E-state index < -0.39 is 0 Å². The van der Waals surface area contributed by atoms with Crippen molar-refractivity contribution in [2.75, 3.05) is 17.6 Å². The summed E-state index contributed by atoms with van der Waals surface area (Å²) in [4.78, 5) is 16.5. The summed E-state index contributed by atoms with van der Waals surface area (Å²) in [5.41, 5.74) is 5.70. The summed E-state index contributed by atoms with van der Waals surface area (Å²) in [7, 11) is 0. The average Bonchev–Trinajstić information content (AvgIpc) is 2.91. The minimum Gasteiger partial charge on any atom is -0.368 e. The van der Waals surface area contributed by atoms with Gasteiger partial charge in [-0.15, -0.1) is 0 Å². The second kappa shape index (κ2) is 6.83. The smallest absolute Gasteiger partial charge is 0.241 e. The molecule has 0 atom stereocenters. The van der Waals surface area contributed by atoms with Crippen LogP contribution in [0.3, 0.4) is 0 Å². The maximum atomic E-state index is 5.70. The first-order chi connectivity index (χ1) is 9.65. The predicted octanol–water partition coefficient (Wildman–Crippen LogP) is 1.88. The van der Waals surface area contributed by atoms with E-state index in [1.54, 1.807) is 23.3 Å². The van der Waals surface area contributed by atoms with Gasteiger partial charge in [0.25, 0.3) is 0 Å². The van der Waals surface area contributed by atoms with E-state index in [0.717, 1.165) is 18.9 Å². The van der Waals surface area contributed by atoms with E-state index in [-0.39, 0.29) is 5.95 Å². The molecule has 0 spiro atoms. The van der Waals surface area contributed by atoms with Crippen molar-refractivity contribution in [3.8, 4) is 5.95 Å². The van der Waals surface area contributed by atoms with Gasteiger partial charge in [0.1, 0.15) is 6.33 Å². The van der Waals surface area contributed by atoms with Crippen LogP contribution >= 0.6 is 0 Å². The van der Waals surface area contributed by atoms with Gasteiger partial charge in [-0.2, -0.15) is 15.0 Å². The van der Waals surface area contributed by atoms with Crippen LogP contribution in [0.1, 0.15) is 33.1 Å². The zero-order chi connectivity index (χ0) is 14.4. The van der Waals surface area contributed by atoms with Gasteiger partial charge in [-0.3, -0.25) is 4.57 Å². The van der Waals surface area contributed by atoms with Crippen LogP contribution in [0.5, 0.6) is 0 Å². The van der Waals surface area contributed by atoms with Crippen LogP contribution in [-0.2, 0) is 0 Å². The van der Waals surface area contributed by atoms with E-state index in [1.165, 1.54) is 12.8 Å². The van der Waals surface area contributed by atoms with Crippen molar-refractivity contribution in [3.05, 3.63) is 18.7 Å². The molecule has 7 heteroatoms. The molecule has 2 aromatic rings. The molecular weight excluding hydrogens is 254 g/mol. The number of nitrogens with two attached hydrogens (primary N) is 1. The lowest BCUT2D eigenvalue weighted by Crippen LogP contribution is -2.11. The second-order valence-corrected chi connectivity index (χ2v) is 5.10. The molecule has 7 nitrogen and oxygen atoms in total. The zero-order valence-electron chi connectivity index (χ0n) is 12.0. The summed E-state index contributed by atoms with van der Waals surface area (Å²) in [6.45, 7) is 5.30. The fourth-order valence-corrected chi connectivity index (χ4v) is 1.83. The Kier molecular flexibility index (Phi) is 4.86. The lowest BCUT2D eigenvalue weighted by molar-refractivity contribution is 0.544. The summed E-state index contributed by atoms with van der Waals surface area (Å²) < 4.78 is 1.70. The van der Waals surface area contributed by atoms with Crippen molar-refractivity contribution in [1.29, 1.82) is 0 Å². The summed E-state index contributed by atoms with van der Waals surface area (Å²) in [5.74, 6) is 1.93. The quantitative estimate of drug-likeness (QED) is 0.749. The van der Waals surface area contributed by atoms with Gasteiger partial charge < -0.3 is 11.1 Å². The molecule has 0 bridgehead atoms. The van der Waals surface area contributed by atoms with Crippen molar-refractivity contribution in [2.24, 2.45) is 5.92 Å². The minimum atomic E-state index is 0.202. The Morgan fingerprint density at radius 2 is 2.10 bits per heavy atom. The molecular formula is C13H21N7. The molecule has 0 aliphatic heterocycles. The maximum absolute atomic E-state index is 5.70. The van der Waals surface area contributed by atoms with E-state index >= 15 is 0 Å². The van der Waals surface area contributed by atoms with Crippen molar-refractivity contribution in [2.45, 2.75) is 33.1 Å². The van der Waals surface area contributed by atoms with Crippen molar-refractivity contribution in [3.63, 3.8) is 0 Å². The number of nitrogen functional groups attached to an aromatic ring is 1. The average molecular weight is 275 g/mol. The van der Waals surface area contributed by atoms with Gasteiger partial charge in [0.15, 0.2) is 0 Å². The molecule has 2 aromatic heterocycles. The molecule has 0 aromatic carbocycles. The van der Waals surface area contributed by atoms with E-state index in [1.807, 2.05) is 0 Å². The fraction of sp³-hybridized carbons (Fsp3) is 0.538. The minimum absolute atomic E-state index is 0.202. The highest BCUT2D eigenvalue weighted by molar-refractivity contribution is 5.34. The van der Waals surface area contributed by atoms with Crippen LogP contribution < -0.4 is 11.1 Å². The van der Waals surface area contributed by atoms with Gasteiger partial charge in [0.2, 0.25) is 17.8 Å². The topological polar surface area (TPSA) is 94.5 Å². The number of nitrogens with zero attached hydrogens (tertiary/aromatic N) is 5. The van der Waals surface area contributed by atoms with E-state index in [9.17, 15) is 0 Å². The van der Waals surface area contributed by atoms with Crippen LogP contribution in [0, 0.1) is 5.92 Å². The number of nitrogens with one attached hydrogen (secondary N) is 1. The van der Waals surface area contributed by atoms with Gasteiger partial charge in [0.05, 0.1) is 0 Å². The maximum Gasteiger partial charge on any atom is 0.241 e. The molecule has 0 aliphatic rings. The van der Waals surface area contributed by atoms with Crippen molar-refractivity contribution in [1.82, 2.24) is 24.5 Å². The monoisotopic (exact) mass is 275 g/mol. The molecule has 0 saturated heterocycles. The third-order valence-corrected chi connectivity index (χ3v) is 2.87. The number of unbranched alkanes of at least 4 members (excludes halogenated alkanes) is 1. The highest BCUT2D eigenvalue weighted by Gasteiger charge is 2.05. The highest BCUT2D eigenvalue weighted by Crippen LogP contribution is 2.09. The van der Waals surface area contributed by atoms with Crippen LogP contribution in [0.15, 0.2) is 18.7 Å². The van der Waals surface area contributed by atoms with Gasteiger partial charge in [-0.1, -0.05) is 26.7 Å². The Morgan fingerprint density at radius 1 is 1.25 bits per heavy atom. The molecule has 3 N–H and O–H groups in total. The van der Waals surface area contributed by atoms with Gasteiger partial charge >= 0.3 is 0 Å². The largest absolute Gasteiger partial charge is 0.368 e. The number of hydrogen-bond donors (Lipinski definition) is 2. The fourth-order valence-electron chi connectivity index (χ4n) is 1.83. The third-order valence-electron chi connectivity index (χ3n) is 2.87. The molecule has 0 amide bonds. The van der Waals surface area contributed by atoms with E-state index in [2.05, 4.69) is 39.1 Å². The summed E-state index contributed by atoms with van der Waals surface area (Å²) in [6, 6.07) is 0. The number of anilines is 2. The summed E-state index contributed by atoms with van der Waals surface area (Å²) >= 11 is 0. The van der Waals surface area contributed by atoms with Crippen molar-refractivity contribution < 1.29 is 0 Å². The van der Waals surface area contributed by atoms with Crippen LogP contribution in [0.2, 0.25) is 0 Å². The lowest BCUT2D eigenvalue weighted by atomic mass is 10.1. The van der Waals surface area contributed by atoms with Crippen LogP contribution in [-0.4, -0.2) is 31.0 Å². The summed E-state index contributed by atoms with van der Waals surface area (Å²) in [5, 5.41) is 3.19. The number of hydrogen-bond acceptors (Lipinski definition) is 6. The zero-order valence-corrected chi connectivity index (χ0v) is 12.0. The molecule has 20 heavy (non-hydrogen) atoms. The number of imidazole rings is 1. The highest BCUT2D eigenvalue weighted by atomic mass is 15.3. The van der Waals surface area contributed by atoms with Gasteiger partial charge in [0, 0.05) is 18.9 Å². The molecule has 0 aliphatic carbocycles. The van der Waals surface area contributed by atoms with Gasteiger partial charge in [-0.25, -0.2) is 4.98 Å². The van der Waals surface area contributed by atoms with Crippen LogP contribution in [0.4, 0.5) is 11.9 Å². The molecule has 2 heterocycles. The van der Waals surface area contributed by atoms with E-state index in [4.69, 9.17) is 5.73 Å². The second-order valence-electron chi connectivity index (χ2n) is 5.10. The Bertz CT molecular complexity index is 522. The normalized spacial score (nSPS) is 10.9. The Labute approximate surface area is 118 Å². The first kappa shape index (κ1) is 14.2. The molecule has 108 valence electrons. The Morgan fingerprint density at radius 3 is 2.80 bits per heavy atom. The Balaban J connectivity index is 1.92. The summed E-state index contributed by atoms with van der Waals surface area (Å²) in [6.07, 6.45) is 8.58. The lowest BCUT2D eigenvalue weighted by Gasteiger charge is -2.08.